The molecule has 2 aromatic carbocycles. The molecule has 0 heterocycles. The zero-order valence-corrected chi connectivity index (χ0v) is 21.1. The highest BCUT2D eigenvalue weighted by molar-refractivity contribution is 7.80. The summed E-state index contributed by atoms with van der Waals surface area (Å²) in [4.78, 5) is 48.5. The van der Waals surface area contributed by atoms with Crippen molar-refractivity contribution >= 4 is 36.5 Å². The second kappa shape index (κ2) is 12.4. The Balaban J connectivity index is 1.59. The molecule has 0 saturated heterocycles. The number of benzene rings is 2. The van der Waals surface area contributed by atoms with E-state index in [1.54, 1.807) is 6.92 Å². The van der Waals surface area contributed by atoms with E-state index in [-0.39, 0.29) is 24.2 Å². The third-order valence-corrected chi connectivity index (χ3v) is 6.72. The van der Waals surface area contributed by atoms with Crippen molar-refractivity contribution in [1.82, 2.24) is 16.0 Å². The third-order valence-electron chi connectivity index (χ3n) is 6.35. The Hall–Kier alpha value is -3.53. The number of alkyl carbamates (subject to hydrolysis) is 1. The van der Waals surface area contributed by atoms with Gasteiger partial charge >= 0.3 is 12.1 Å². The SMILES string of the molecule is CC[C@H](C)[C@H](NC(=O)OCC1c2ccccc2-c2ccccc21)C(=O)NCC(=O)N[C@@H](CS)C(=O)O. The summed E-state index contributed by atoms with van der Waals surface area (Å²) in [5.41, 5.74) is 4.38. The zero-order chi connectivity index (χ0) is 26.2. The van der Waals surface area contributed by atoms with E-state index in [0.717, 1.165) is 22.3 Å². The summed E-state index contributed by atoms with van der Waals surface area (Å²) in [6.07, 6.45) is -0.142. The van der Waals surface area contributed by atoms with E-state index in [2.05, 4.69) is 28.6 Å². The fraction of sp³-hybridized carbons (Fsp3) is 0.385. The fourth-order valence-electron chi connectivity index (χ4n) is 4.18. The number of aliphatic carboxylic acids is 1. The number of hydrogen-bond acceptors (Lipinski definition) is 6. The number of carbonyl (C=O) groups excluding carboxylic acids is 3. The van der Waals surface area contributed by atoms with E-state index < -0.39 is 42.5 Å². The summed E-state index contributed by atoms with van der Waals surface area (Å²) < 4.78 is 5.55. The summed E-state index contributed by atoms with van der Waals surface area (Å²) in [5, 5.41) is 16.4. The first-order valence-corrected chi connectivity index (χ1v) is 12.4. The van der Waals surface area contributed by atoms with Crippen molar-refractivity contribution in [2.24, 2.45) is 5.92 Å². The largest absolute Gasteiger partial charge is 0.480 e. The zero-order valence-electron chi connectivity index (χ0n) is 20.2. The molecule has 1 aliphatic rings. The van der Waals surface area contributed by atoms with Crippen LogP contribution in [0.4, 0.5) is 4.79 Å². The molecule has 0 saturated carbocycles. The van der Waals surface area contributed by atoms with Gasteiger partial charge in [0.05, 0.1) is 6.54 Å². The fourth-order valence-corrected chi connectivity index (χ4v) is 4.42. The summed E-state index contributed by atoms with van der Waals surface area (Å²) >= 11 is 3.89. The van der Waals surface area contributed by atoms with Gasteiger partial charge in [-0.05, 0) is 28.2 Å². The summed E-state index contributed by atoms with van der Waals surface area (Å²) in [5.74, 6) is -2.90. The minimum absolute atomic E-state index is 0.0894. The van der Waals surface area contributed by atoms with Gasteiger partial charge < -0.3 is 25.8 Å². The van der Waals surface area contributed by atoms with E-state index in [1.165, 1.54) is 0 Å². The number of carboxylic acids is 1. The average molecular weight is 514 g/mol. The summed E-state index contributed by atoms with van der Waals surface area (Å²) in [7, 11) is 0. The van der Waals surface area contributed by atoms with Crippen LogP contribution in [0, 0.1) is 5.92 Å². The molecule has 192 valence electrons. The molecule has 1 aliphatic carbocycles. The molecule has 9 nitrogen and oxygen atoms in total. The van der Waals surface area contributed by atoms with Crippen molar-refractivity contribution in [3.8, 4) is 11.1 Å². The molecular weight excluding hydrogens is 482 g/mol. The maximum atomic E-state index is 12.8. The number of rotatable bonds is 11. The number of nitrogens with one attached hydrogen (secondary N) is 3. The molecule has 0 fully saturated rings. The van der Waals surface area contributed by atoms with Crippen molar-refractivity contribution < 1.29 is 29.0 Å². The van der Waals surface area contributed by atoms with Crippen LogP contribution < -0.4 is 16.0 Å². The van der Waals surface area contributed by atoms with Gasteiger partial charge in [-0.1, -0.05) is 68.8 Å². The standard InChI is InChI=1S/C26H31N3O6S/c1-3-15(2)23(24(31)27-12-22(30)28-21(14-36)25(32)33)29-26(34)35-13-20-18-10-6-4-8-16(18)17-9-5-7-11-19(17)20/h4-11,15,20-21,23,36H,3,12-14H2,1-2H3,(H,27,31)(H,28,30)(H,29,34)(H,32,33)/t15-,21-,23-/m0/s1. The van der Waals surface area contributed by atoms with Crippen LogP contribution in [0.3, 0.4) is 0 Å². The predicted molar refractivity (Wildman–Crippen MR) is 138 cm³/mol. The molecule has 3 amide bonds. The lowest BCUT2D eigenvalue weighted by Gasteiger charge is -2.24. The Morgan fingerprint density at radius 1 is 1.00 bits per heavy atom. The van der Waals surface area contributed by atoms with Crippen LogP contribution in [0.5, 0.6) is 0 Å². The number of thiol groups is 1. The van der Waals surface area contributed by atoms with Crippen LogP contribution in [-0.4, -0.2) is 60.0 Å². The van der Waals surface area contributed by atoms with Gasteiger partial charge in [-0.3, -0.25) is 9.59 Å². The molecule has 0 aromatic heterocycles. The lowest BCUT2D eigenvalue weighted by Crippen LogP contribution is -2.53. The van der Waals surface area contributed by atoms with E-state index >= 15 is 0 Å². The quantitative estimate of drug-likeness (QED) is 0.293. The van der Waals surface area contributed by atoms with Crippen molar-refractivity contribution in [2.75, 3.05) is 18.9 Å². The van der Waals surface area contributed by atoms with Crippen LogP contribution in [-0.2, 0) is 19.1 Å². The van der Waals surface area contributed by atoms with Crippen LogP contribution in [0.15, 0.2) is 48.5 Å². The predicted octanol–water partition coefficient (Wildman–Crippen LogP) is 2.56. The monoisotopic (exact) mass is 513 g/mol. The molecular formula is C26H31N3O6S. The Morgan fingerprint density at radius 2 is 1.58 bits per heavy atom. The highest BCUT2D eigenvalue weighted by Gasteiger charge is 2.31. The van der Waals surface area contributed by atoms with Gasteiger partial charge in [-0.2, -0.15) is 12.6 Å². The first-order chi connectivity index (χ1) is 17.3. The van der Waals surface area contributed by atoms with Crippen molar-refractivity contribution in [1.29, 1.82) is 0 Å². The van der Waals surface area contributed by atoms with Crippen LogP contribution in [0.2, 0.25) is 0 Å². The number of carboxylic acid groups (broad SMARTS) is 1. The molecule has 3 atom stereocenters. The molecule has 10 heteroatoms. The molecule has 3 rings (SSSR count). The van der Waals surface area contributed by atoms with E-state index in [1.807, 2.05) is 55.5 Å². The molecule has 0 bridgehead atoms. The number of ether oxygens (including phenoxy) is 1. The lowest BCUT2D eigenvalue weighted by molar-refractivity contribution is -0.141. The van der Waals surface area contributed by atoms with E-state index in [0.29, 0.717) is 6.42 Å². The first kappa shape index (κ1) is 27.1. The van der Waals surface area contributed by atoms with Gasteiger partial charge in [0.1, 0.15) is 18.7 Å². The minimum atomic E-state index is -1.22. The highest BCUT2D eigenvalue weighted by atomic mass is 32.1. The third kappa shape index (κ3) is 6.37. The topological polar surface area (TPSA) is 134 Å². The van der Waals surface area contributed by atoms with Crippen LogP contribution >= 0.6 is 12.6 Å². The van der Waals surface area contributed by atoms with Crippen molar-refractivity contribution in [3.05, 3.63) is 59.7 Å². The number of fused-ring (bicyclic) bond motifs is 3. The highest BCUT2D eigenvalue weighted by Crippen LogP contribution is 2.44. The van der Waals surface area contributed by atoms with Gasteiger partial charge in [-0.15, -0.1) is 0 Å². The lowest BCUT2D eigenvalue weighted by atomic mass is 9.98. The number of hydrogen-bond donors (Lipinski definition) is 5. The Bertz CT molecular complexity index is 1080. The molecule has 0 radical (unpaired) electrons. The molecule has 4 N–H and O–H groups in total. The van der Waals surface area contributed by atoms with Gasteiger partial charge in [0, 0.05) is 11.7 Å². The van der Waals surface area contributed by atoms with Gasteiger partial charge in [0.15, 0.2) is 0 Å². The Labute approximate surface area is 215 Å². The Kier molecular flexibility index (Phi) is 9.35. The maximum Gasteiger partial charge on any atom is 0.407 e. The number of amides is 3. The van der Waals surface area contributed by atoms with Gasteiger partial charge in [0.25, 0.3) is 0 Å². The molecule has 0 aliphatic heterocycles. The van der Waals surface area contributed by atoms with E-state index in [9.17, 15) is 19.2 Å². The number of carbonyl (C=O) groups is 4. The van der Waals surface area contributed by atoms with Crippen LogP contribution in [0.1, 0.15) is 37.3 Å². The van der Waals surface area contributed by atoms with Gasteiger partial charge in [0.2, 0.25) is 11.8 Å². The molecule has 0 spiro atoms. The summed E-state index contributed by atoms with van der Waals surface area (Å²) in [6, 6.07) is 13.9. The normalized spacial score (nSPS) is 14.5. The van der Waals surface area contributed by atoms with E-state index in [4.69, 9.17) is 9.84 Å². The smallest absolute Gasteiger partial charge is 0.407 e. The molecule has 0 unspecified atom stereocenters. The first-order valence-electron chi connectivity index (χ1n) is 11.8. The van der Waals surface area contributed by atoms with Crippen molar-refractivity contribution in [2.45, 2.75) is 38.3 Å². The molecule has 36 heavy (non-hydrogen) atoms. The van der Waals surface area contributed by atoms with Crippen LogP contribution in [0.25, 0.3) is 11.1 Å². The minimum Gasteiger partial charge on any atom is -0.480 e. The summed E-state index contributed by atoms with van der Waals surface area (Å²) in [6.45, 7) is 3.35. The molecule has 2 aromatic rings. The second-order valence-electron chi connectivity index (χ2n) is 8.69. The Morgan fingerprint density at radius 3 is 2.11 bits per heavy atom. The van der Waals surface area contributed by atoms with Crippen molar-refractivity contribution in [3.63, 3.8) is 0 Å². The average Bonchev–Trinajstić information content (AvgIpc) is 3.20. The van der Waals surface area contributed by atoms with Gasteiger partial charge in [-0.25, -0.2) is 9.59 Å². The maximum absolute atomic E-state index is 12.8. The second-order valence-corrected chi connectivity index (χ2v) is 9.06.